The normalized spacial score (nSPS) is 9.83. The molecular weight excluding hydrogens is 121 g/mol. The average molecular weight is 126 g/mol. The Morgan fingerprint density at radius 1 is 1.50 bits per heavy atom. The molecule has 0 unspecified atom stereocenters. The van der Waals surface area contributed by atoms with E-state index in [4.69, 9.17) is 23.6 Å². The maximum Gasteiger partial charge on any atom is 0.0305 e. The second-order valence-electron chi connectivity index (χ2n) is 0.741. The SMILES string of the molecule is C/C=C\N(Cl)Cl. The lowest BCUT2D eigenvalue weighted by molar-refractivity contribution is 0.986. The molecule has 0 aromatic carbocycles. The Labute approximate surface area is 47.4 Å². The molecule has 0 bridgehead atoms. The van der Waals surface area contributed by atoms with Crippen LogP contribution in [0.5, 0.6) is 0 Å². The summed E-state index contributed by atoms with van der Waals surface area (Å²) in [6.45, 7) is 1.83. The zero-order valence-corrected chi connectivity index (χ0v) is 4.87. The van der Waals surface area contributed by atoms with Crippen LogP contribution in [0.15, 0.2) is 12.3 Å². The molecule has 0 heterocycles. The van der Waals surface area contributed by atoms with E-state index < -0.39 is 0 Å². The molecule has 0 aromatic heterocycles. The lowest BCUT2D eigenvalue weighted by Crippen LogP contribution is -1.77. The molecule has 36 valence electrons. The molecular formula is C3H5Cl2N. The molecule has 0 N–H and O–H groups in total. The van der Waals surface area contributed by atoms with E-state index in [0.29, 0.717) is 0 Å². The van der Waals surface area contributed by atoms with Gasteiger partial charge in [0.1, 0.15) is 0 Å². The van der Waals surface area contributed by atoms with E-state index >= 15 is 0 Å². The van der Waals surface area contributed by atoms with Crippen molar-refractivity contribution >= 4 is 23.6 Å². The van der Waals surface area contributed by atoms with Crippen LogP contribution in [0.1, 0.15) is 6.92 Å². The maximum absolute atomic E-state index is 5.09. The van der Waals surface area contributed by atoms with Gasteiger partial charge in [-0.05, 0) is 6.92 Å². The molecule has 0 aliphatic heterocycles. The van der Waals surface area contributed by atoms with Gasteiger partial charge in [-0.3, -0.25) is 0 Å². The van der Waals surface area contributed by atoms with Gasteiger partial charge < -0.3 is 0 Å². The molecule has 0 atom stereocenters. The fourth-order valence-electron chi connectivity index (χ4n) is 0.113. The fraction of sp³-hybridized carbons (Fsp3) is 0.333. The summed E-state index contributed by atoms with van der Waals surface area (Å²) >= 11 is 10.2. The van der Waals surface area contributed by atoms with Gasteiger partial charge >= 0.3 is 0 Å². The molecule has 3 heteroatoms. The molecule has 0 saturated carbocycles. The highest BCUT2D eigenvalue weighted by Gasteiger charge is 1.74. The molecule has 6 heavy (non-hydrogen) atoms. The van der Waals surface area contributed by atoms with Gasteiger partial charge in [0.05, 0.1) is 0 Å². The first-order valence-corrected chi connectivity index (χ1v) is 2.18. The standard InChI is InChI=1S/C3H5Cl2N/c1-2-3-6(4)5/h2-3H,1H3/b3-2-. The Morgan fingerprint density at radius 3 is 2.00 bits per heavy atom. The van der Waals surface area contributed by atoms with Crippen molar-refractivity contribution in [2.24, 2.45) is 0 Å². The van der Waals surface area contributed by atoms with Gasteiger partial charge in [-0.2, -0.15) is 0 Å². The van der Waals surface area contributed by atoms with E-state index in [2.05, 4.69) is 0 Å². The van der Waals surface area contributed by atoms with E-state index in [-0.39, 0.29) is 0 Å². The Bertz CT molecular complexity index is 50.8. The highest BCUT2D eigenvalue weighted by Crippen LogP contribution is 1.96. The molecule has 1 nitrogen and oxygen atoms in total. The lowest BCUT2D eigenvalue weighted by Gasteiger charge is -1.89. The zero-order valence-electron chi connectivity index (χ0n) is 3.36. The first kappa shape index (κ1) is 6.12. The zero-order chi connectivity index (χ0) is 4.99. The van der Waals surface area contributed by atoms with Gasteiger partial charge in [0.25, 0.3) is 0 Å². The molecule has 0 aliphatic carbocycles. The van der Waals surface area contributed by atoms with Crippen molar-refractivity contribution in [1.82, 2.24) is 3.94 Å². The largest absolute Gasteiger partial charge is 0.202 e. The predicted molar refractivity (Wildman–Crippen MR) is 28.4 cm³/mol. The number of nitrogens with zero attached hydrogens (tertiary/aromatic N) is 1. The van der Waals surface area contributed by atoms with Crippen LogP contribution in [0, 0.1) is 0 Å². The van der Waals surface area contributed by atoms with Gasteiger partial charge in [0.2, 0.25) is 0 Å². The third-order valence-corrected chi connectivity index (χ3v) is 0.487. The van der Waals surface area contributed by atoms with Crippen molar-refractivity contribution in [3.05, 3.63) is 12.3 Å². The minimum Gasteiger partial charge on any atom is -0.202 e. The van der Waals surface area contributed by atoms with Crippen molar-refractivity contribution in [1.29, 1.82) is 0 Å². The molecule has 0 fully saturated rings. The van der Waals surface area contributed by atoms with Crippen molar-refractivity contribution in [2.45, 2.75) is 6.92 Å². The molecule has 0 rings (SSSR count). The molecule has 0 aromatic rings. The maximum atomic E-state index is 5.09. The summed E-state index contributed by atoms with van der Waals surface area (Å²) < 4.78 is 0.944. The highest BCUT2D eigenvalue weighted by molar-refractivity contribution is 6.34. The summed E-state index contributed by atoms with van der Waals surface area (Å²) in [5.41, 5.74) is 0. The van der Waals surface area contributed by atoms with Crippen molar-refractivity contribution in [3.63, 3.8) is 0 Å². The van der Waals surface area contributed by atoms with Crippen LogP contribution in [0.25, 0.3) is 0 Å². The fourth-order valence-corrected chi connectivity index (χ4v) is 0.338. The second-order valence-corrected chi connectivity index (χ2v) is 1.64. The molecule has 0 aliphatic rings. The average Bonchev–Trinajstić information content (AvgIpc) is 1.35. The minimum absolute atomic E-state index is 0.944. The number of rotatable bonds is 1. The van der Waals surface area contributed by atoms with Crippen LogP contribution in [0.3, 0.4) is 0 Å². The van der Waals surface area contributed by atoms with Crippen LogP contribution in [0.4, 0.5) is 0 Å². The van der Waals surface area contributed by atoms with E-state index in [9.17, 15) is 0 Å². The minimum atomic E-state index is 0.944. The third kappa shape index (κ3) is 4.12. The number of hydrogen-bond donors (Lipinski definition) is 0. The Morgan fingerprint density at radius 2 is 2.00 bits per heavy atom. The number of halogens is 2. The Kier molecular flexibility index (Phi) is 3.38. The number of hydrogen-bond acceptors (Lipinski definition) is 1. The van der Waals surface area contributed by atoms with Crippen LogP contribution >= 0.6 is 23.6 Å². The van der Waals surface area contributed by atoms with Gasteiger partial charge in [0.15, 0.2) is 0 Å². The molecule has 0 radical (unpaired) electrons. The first-order valence-electron chi connectivity index (χ1n) is 1.51. The monoisotopic (exact) mass is 125 g/mol. The van der Waals surface area contributed by atoms with E-state index in [1.807, 2.05) is 6.92 Å². The highest BCUT2D eigenvalue weighted by atomic mass is 35.5. The molecule has 0 amide bonds. The Hall–Kier alpha value is 0.120. The van der Waals surface area contributed by atoms with Crippen LogP contribution in [0.2, 0.25) is 0 Å². The summed E-state index contributed by atoms with van der Waals surface area (Å²) in [5, 5.41) is 0. The lowest BCUT2D eigenvalue weighted by atomic mass is 10.7. The molecule has 0 spiro atoms. The van der Waals surface area contributed by atoms with Gasteiger partial charge in [-0.25, -0.2) is 3.94 Å². The van der Waals surface area contributed by atoms with Gasteiger partial charge in [-0.15, -0.1) is 0 Å². The van der Waals surface area contributed by atoms with Crippen molar-refractivity contribution < 1.29 is 0 Å². The summed E-state index contributed by atoms with van der Waals surface area (Å²) in [5.74, 6) is 0. The van der Waals surface area contributed by atoms with Crippen LogP contribution < -0.4 is 0 Å². The Balaban J connectivity index is 3.03. The third-order valence-electron chi connectivity index (χ3n) is 0.262. The summed E-state index contributed by atoms with van der Waals surface area (Å²) in [6, 6.07) is 0. The predicted octanol–water partition coefficient (Wildman–Crippen LogP) is 2.13. The van der Waals surface area contributed by atoms with Crippen molar-refractivity contribution in [3.8, 4) is 0 Å². The summed E-state index contributed by atoms with van der Waals surface area (Å²) in [4.78, 5) is 0. The van der Waals surface area contributed by atoms with E-state index in [1.165, 1.54) is 6.20 Å². The summed E-state index contributed by atoms with van der Waals surface area (Å²) in [6.07, 6.45) is 3.27. The summed E-state index contributed by atoms with van der Waals surface area (Å²) in [7, 11) is 0. The first-order chi connectivity index (χ1) is 2.77. The topological polar surface area (TPSA) is 3.24 Å². The van der Waals surface area contributed by atoms with Crippen LogP contribution in [-0.2, 0) is 0 Å². The quantitative estimate of drug-likeness (QED) is 0.486. The number of allylic oxidation sites excluding steroid dienone is 1. The van der Waals surface area contributed by atoms with E-state index in [0.717, 1.165) is 3.94 Å². The van der Waals surface area contributed by atoms with E-state index in [1.54, 1.807) is 6.08 Å². The van der Waals surface area contributed by atoms with Gasteiger partial charge in [-0.1, -0.05) is 6.08 Å². The van der Waals surface area contributed by atoms with Gasteiger partial charge in [0, 0.05) is 29.8 Å². The molecule has 0 saturated heterocycles. The second kappa shape index (κ2) is 3.32. The smallest absolute Gasteiger partial charge is 0.0305 e. The van der Waals surface area contributed by atoms with Crippen LogP contribution in [-0.4, -0.2) is 3.94 Å². The van der Waals surface area contributed by atoms with Crippen molar-refractivity contribution in [2.75, 3.05) is 0 Å².